The van der Waals surface area contributed by atoms with Crippen molar-refractivity contribution in [3.05, 3.63) is 59.5 Å². The Morgan fingerprint density at radius 2 is 1.87 bits per heavy atom. The molecule has 0 unspecified atom stereocenters. The van der Waals surface area contributed by atoms with E-state index >= 15 is 0 Å². The van der Waals surface area contributed by atoms with Crippen LogP contribution in [0.2, 0.25) is 0 Å². The minimum absolute atomic E-state index is 0.0249. The summed E-state index contributed by atoms with van der Waals surface area (Å²) in [6.45, 7) is 0.809. The van der Waals surface area contributed by atoms with Gasteiger partial charge in [-0.15, -0.1) is 0 Å². The van der Waals surface area contributed by atoms with Crippen LogP contribution in [0.3, 0.4) is 0 Å². The van der Waals surface area contributed by atoms with Gasteiger partial charge in [-0.25, -0.2) is 14.2 Å². The van der Waals surface area contributed by atoms with Crippen LogP contribution in [0, 0.1) is 5.82 Å². The number of primary amides is 1. The van der Waals surface area contributed by atoms with Crippen molar-refractivity contribution in [2.45, 2.75) is 49.4 Å². The zero-order valence-electron chi connectivity index (χ0n) is 21.9. The molecule has 0 radical (unpaired) electrons. The molecule has 2 amide bonds. The van der Waals surface area contributed by atoms with Crippen molar-refractivity contribution >= 4 is 22.6 Å². The van der Waals surface area contributed by atoms with E-state index in [4.69, 9.17) is 15.2 Å². The number of urea groups is 1. The highest BCUT2D eigenvalue weighted by molar-refractivity contribution is 6.02. The second-order valence-corrected chi connectivity index (χ2v) is 10.3. The van der Waals surface area contributed by atoms with Crippen LogP contribution in [0.25, 0.3) is 10.9 Å². The van der Waals surface area contributed by atoms with Crippen LogP contribution in [0.1, 0.15) is 36.9 Å². The first-order valence-corrected chi connectivity index (χ1v) is 12.7. The van der Waals surface area contributed by atoms with E-state index in [0.29, 0.717) is 30.8 Å². The molecular weight excluding hydrogens is 516 g/mol. The fourth-order valence-electron chi connectivity index (χ4n) is 6.51. The number of nitrogens with two attached hydrogens (primary N) is 1. The molecule has 2 aromatic carbocycles. The highest BCUT2D eigenvalue weighted by Gasteiger charge is 2.52. The number of carbonyl (C=O) groups excluding carboxylic acids is 1. The molecule has 0 bridgehead atoms. The van der Waals surface area contributed by atoms with E-state index in [1.807, 2.05) is 25.2 Å². The number of methoxy groups -OCH3 is 2. The Labute approximate surface area is 223 Å². The maximum absolute atomic E-state index is 14.6. The van der Waals surface area contributed by atoms with Gasteiger partial charge in [-0.1, -0.05) is 18.2 Å². The summed E-state index contributed by atoms with van der Waals surface area (Å²) in [5.41, 5.74) is 4.81. The molecule has 11 heteroatoms. The number of pyridine rings is 1. The number of anilines is 1. The van der Waals surface area contributed by atoms with Gasteiger partial charge in [-0.05, 0) is 69.1 Å². The molecule has 1 saturated heterocycles. The molecule has 3 atom stereocenters. The Bertz CT molecular complexity index is 1420. The Balaban J connectivity index is 1.57. The van der Waals surface area contributed by atoms with E-state index in [9.17, 15) is 22.4 Å². The summed E-state index contributed by atoms with van der Waals surface area (Å²) in [7, 11) is 5.16. The molecule has 2 N–H and O–H groups in total. The van der Waals surface area contributed by atoms with E-state index in [1.54, 1.807) is 14.2 Å². The van der Waals surface area contributed by atoms with Crippen LogP contribution in [-0.4, -0.2) is 55.8 Å². The summed E-state index contributed by atoms with van der Waals surface area (Å²) in [5.74, 6) is 0.325. The average molecular weight is 547 g/mol. The quantitative estimate of drug-likeness (QED) is 0.428. The van der Waals surface area contributed by atoms with E-state index in [-0.39, 0.29) is 22.5 Å². The number of benzene rings is 2. The van der Waals surface area contributed by atoms with E-state index < -0.39 is 35.3 Å². The average Bonchev–Trinajstić information content (AvgIpc) is 3.25. The molecule has 3 aromatic rings. The summed E-state index contributed by atoms with van der Waals surface area (Å²) >= 11 is 0. The number of rotatable bonds is 5. The van der Waals surface area contributed by atoms with Gasteiger partial charge < -0.3 is 20.1 Å². The zero-order valence-corrected chi connectivity index (χ0v) is 21.9. The van der Waals surface area contributed by atoms with Gasteiger partial charge in [0.15, 0.2) is 11.5 Å². The second-order valence-electron chi connectivity index (χ2n) is 10.3. The monoisotopic (exact) mass is 546 g/mol. The highest BCUT2D eigenvalue weighted by atomic mass is 19.4. The Kier molecular flexibility index (Phi) is 6.82. The Hall–Kier alpha value is -3.60. The number of ether oxygens (including phenoxy) is 2. The topological polar surface area (TPSA) is 80.9 Å². The molecule has 1 aromatic heterocycles. The third kappa shape index (κ3) is 4.52. The predicted molar refractivity (Wildman–Crippen MR) is 139 cm³/mol. The molecule has 2 fully saturated rings. The van der Waals surface area contributed by atoms with Gasteiger partial charge in [0.1, 0.15) is 17.0 Å². The van der Waals surface area contributed by atoms with Crippen LogP contribution in [0.15, 0.2) is 42.5 Å². The number of hydrogen-bond acceptors (Lipinski definition) is 5. The lowest BCUT2D eigenvalue weighted by Crippen LogP contribution is -2.54. The number of likely N-dealkylation sites (tertiary alicyclic amines) is 1. The van der Waals surface area contributed by atoms with Crippen molar-refractivity contribution in [2.24, 2.45) is 5.73 Å². The van der Waals surface area contributed by atoms with Crippen molar-refractivity contribution < 1.29 is 31.8 Å². The van der Waals surface area contributed by atoms with Crippen LogP contribution >= 0.6 is 0 Å². The first-order chi connectivity index (χ1) is 18.5. The van der Waals surface area contributed by atoms with Gasteiger partial charge in [-0.2, -0.15) is 13.2 Å². The normalized spacial score (nSPS) is 23.5. The van der Waals surface area contributed by atoms with Crippen molar-refractivity contribution in [1.29, 1.82) is 0 Å². The molecule has 1 aliphatic carbocycles. The number of carbonyl (C=O) groups is 1. The largest absolute Gasteiger partial charge is 0.493 e. The van der Waals surface area contributed by atoms with Crippen molar-refractivity contribution in [2.75, 3.05) is 32.7 Å². The maximum Gasteiger partial charge on any atom is 0.433 e. The summed E-state index contributed by atoms with van der Waals surface area (Å²) in [6, 6.07) is 9.11. The molecule has 5 rings (SSSR count). The van der Waals surface area contributed by atoms with Crippen molar-refractivity contribution in [1.82, 2.24) is 9.88 Å². The third-order valence-corrected chi connectivity index (χ3v) is 8.38. The predicted octanol–water partition coefficient (Wildman–Crippen LogP) is 5.49. The van der Waals surface area contributed by atoms with E-state index in [0.717, 1.165) is 30.7 Å². The van der Waals surface area contributed by atoms with Crippen molar-refractivity contribution in [3.63, 3.8) is 0 Å². The fraction of sp³-hybridized carbons (Fsp3) is 0.429. The molecule has 1 aliphatic heterocycles. The second kappa shape index (κ2) is 9.86. The van der Waals surface area contributed by atoms with Crippen LogP contribution in [-0.2, 0) is 11.6 Å². The molecule has 39 heavy (non-hydrogen) atoms. The van der Waals surface area contributed by atoms with E-state index in [2.05, 4.69) is 9.88 Å². The summed E-state index contributed by atoms with van der Waals surface area (Å²) in [4.78, 5) is 19.8. The lowest BCUT2D eigenvalue weighted by molar-refractivity contribution is -0.140. The number of para-hydroxylation sites is 1. The molecule has 7 nitrogen and oxygen atoms in total. The number of nitrogens with zero attached hydrogens (tertiary/aromatic N) is 3. The van der Waals surface area contributed by atoms with Gasteiger partial charge in [0.25, 0.3) is 0 Å². The molecule has 208 valence electrons. The SMILES string of the molecule is COc1ccc([C@@]23CC[C@@H](N(C(N)=O)c4cc(C(F)(F)F)nc5c(F)cccc45)C[C@@H]2N(C)CC3)cc1OC. The number of alkyl halides is 3. The first-order valence-electron chi connectivity index (χ1n) is 12.7. The van der Waals surface area contributed by atoms with Crippen molar-refractivity contribution in [3.8, 4) is 11.5 Å². The summed E-state index contributed by atoms with van der Waals surface area (Å²) < 4.78 is 66.9. The molecule has 2 heterocycles. The Morgan fingerprint density at radius 1 is 1.13 bits per heavy atom. The first kappa shape index (κ1) is 27.0. The van der Waals surface area contributed by atoms with Gasteiger partial charge in [0.05, 0.1) is 19.9 Å². The smallest absolute Gasteiger partial charge is 0.433 e. The van der Waals surface area contributed by atoms with E-state index in [1.165, 1.54) is 17.0 Å². The molecule has 1 saturated carbocycles. The van der Waals surface area contributed by atoms with Crippen LogP contribution < -0.4 is 20.1 Å². The molecule has 2 aliphatic rings. The zero-order chi connectivity index (χ0) is 28.1. The summed E-state index contributed by atoms with van der Waals surface area (Å²) in [6.07, 6.45) is -2.35. The maximum atomic E-state index is 14.6. The van der Waals surface area contributed by atoms with Crippen LogP contribution in [0.5, 0.6) is 11.5 Å². The summed E-state index contributed by atoms with van der Waals surface area (Å²) in [5, 5.41) is 0.0957. The number of likely N-dealkylation sites (N-methyl/N-ethyl adjacent to an activating group) is 1. The standard InChI is InChI=1S/C28H30F4N4O3/c1-35-12-11-27(16-7-8-21(38-2)22(13-16)39-3)10-9-17(14-24(27)35)36(26(33)37)20-15-23(28(30,31)32)34-25-18(20)5-4-6-19(25)29/h4-8,13,15,17,24H,9-12,14H2,1-3H3,(H2,33,37)/t17-,24+,27+/m1/s1. The molecule has 0 spiro atoms. The minimum atomic E-state index is -4.84. The van der Waals surface area contributed by atoms with Gasteiger partial charge in [0, 0.05) is 22.9 Å². The number of halogens is 4. The minimum Gasteiger partial charge on any atom is -0.493 e. The lowest BCUT2D eigenvalue weighted by Gasteiger charge is -2.47. The van der Waals surface area contributed by atoms with Gasteiger partial charge in [0.2, 0.25) is 0 Å². The highest BCUT2D eigenvalue weighted by Crippen LogP contribution is 2.51. The van der Waals surface area contributed by atoms with Gasteiger partial charge >= 0.3 is 12.2 Å². The van der Waals surface area contributed by atoms with Crippen LogP contribution in [0.4, 0.5) is 28.0 Å². The number of amides is 2. The number of hydrogen-bond donors (Lipinski definition) is 1. The molecular formula is C28H30F4N4O3. The van der Waals surface area contributed by atoms with Gasteiger partial charge in [-0.3, -0.25) is 4.90 Å². The third-order valence-electron chi connectivity index (χ3n) is 8.38. The lowest BCUT2D eigenvalue weighted by atomic mass is 9.64. The number of aromatic nitrogens is 1. The Morgan fingerprint density at radius 3 is 2.54 bits per heavy atom. The fourth-order valence-corrected chi connectivity index (χ4v) is 6.51. The number of fused-ring (bicyclic) bond motifs is 2.